The first-order valence-corrected chi connectivity index (χ1v) is 7.06. The highest BCUT2D eigenvalue weighted by Gasteiger charge is 2.03. The van der Waals surface area contributed by atoms with Crippen LogP contribution in [0, 0.1) is 6.92 Å². The van der Waals surface area contributed by atoms with Crippen LogP contribution in [0.15, 0.2) is 49.2 Å². The van der Waals surface area contributed by atoms with Crippen molar-refractivity contribution in [3.63, 3.8) is 0 Å². The Bertz CT molecular complexity index is 844. The number of carbonyl (C=O) groups excluding carboxylic acids is 1. The Kier molecular flexibility index (Phi) is 4.01. The molecule has 0 unspecified atom stereocenters. The fourth-order valence-electron chi connectivity index (χ4n) is 2.10. The summed E-state index contributed by atoms with van der Waals surface area (Å²) >= 11 is 0. The summed E-state index contributed by atoms with van der Waals surface area (Å²) in [5, 5.41) is 6.80. The molecule has 0 aliphatic heterocycles. The van der Waals surface area contributed by atoms with Gasteiger partial charge in [-0.3, -0.25) is 14.0 Å². The van der Waals surface area contributed by atoms with Gasteiger partial charge in [0.25, 0.3) is 0 Å². The summed E-state index contributed by atoms with van der Waals surface area (Å²) in [7, 11) is 1.83. The molecule has 7 nitrogen and oxygen atoms in total. The summed E-state index contributed by atoms with van der Waals surface area (Å²) in [4.78, 5) is 20.4. The van der Waals surface area contributed by atoms with Crippen LogP contribution in [-0.2, 0) is 11.8 Å². The lowest BCUT2D eigenvalue weighted by molar-refractivity contribution is -0.111. The number of hydrogen-bond acceptors (Lipinski definition) is 4. The molecule has 0 aromatic carbocycles. The molecule has 23 heavy (non-hydrogen) atoms. The molecule has 3 heterocycles. The van der Waals surface area contributed by atoms with Gasteiger partial charge in [0.05, 0.1) is 18.1 Å². The maximum atomic E-state index is 11.9. The summed E-state index contributed by atoms with van der Waals surface area (Å²) in [5.41, 5.74) is 1.50. The molecule has 7 heteroatoms. The summed E-state index contributed by atoms with van der Waals surface area (Å²) in [6.45, 7) is 1.90. The number of carbonyl (C=O) groups is 1. The van der Waals surface area contributed by atoms with Gasteiger partial charge >= 0.3 is 0 Å². The van der Waals surface area contributed by atoms with Crippen LogP contribution in [-0.4, -0.2) is 30.2 Å². The molecule has 0 saturated heterocycles. The maximum absolute atomic E-state index is 11.9. The fraction of sp³-hybridized carbons (Fsp3) is 0.125. The van der Waals surface area contributed by atoms with E-state index in [4.69, 9.17) is 0 Å². The Morgan fingerprint density at radius 1 is 1.26 bits per heavy atom. The normalized spacial score (nSPS) is 11.0. The van der Waals surface area contributed by atoms with Gasteiger partial charge in [-0.2, -0.15) is 5.10 Å². The van der Waals surface area contributed by atoms with E-state index in [1.807, 2.05) is 37.0 Å². The Morgan fingerprint density at radius 3 is 2.74 bits per heavy atom. The number of imidazole rings is 1. The van der Waals surface area contributed by atoms with Gasteiger partial charge in [0.1, 0.15) is 11.6 Å². The van der Waals surface area contributed by atoms with Gasteiger partial charge in [0.2, 0.25) is 5.91 Å². The van der Waals surface area contributed by atoms with Gasteiger partial charge in [-0.25, -0.2) is 9.97 Å². The maximum Gasteiger partial charge on any atom is 0.248 e. The molecule has 1 N–H and O–H groups in total. The highest BCUT2D eigenvalue weighted by atomic mass is 16.1. The van der Waals surface area contributed by atoms with Gasteiger partial charge < -0.3 is 5.32 Å². The SMILES string of the molecule is Cc1nccn1-c1ccc(NC(=O)/C=C\c2cnn(C)c2)cn1. The van der Waals surface area contributed by atoms with E-state index in [1.54, 1.807) is 35.4 Å². The third-order valence-electron chi connectivity index (χ3n) is 3.24. The number of pyridine rings is 1. The van der Waals surface area contributed by atoms with E-state index in [2.05, 4.69) is 20.4 Å². The number of nitrogens with one attached hydrogen (secondary N) is 1. The minimum atomic E-state index is -0.220. The van der Waals surface area contributed by atoms with Crippen LogP contribution in [0.25, 0.3) is 11.9 Å². The van der Waals surface area contributed by atoms with E-state index in [1.165, 1.54) is 6.08 Å². The Morgan fingerprint density at radius 2 is 2.13 bits per heavy atom. The van der Waals surface area contributed by atoms with Crippen molar-refractivity contribution in [3.05, 3.63) is 60.6 Å². The number of aromatic nitrogens is 5. The number of rotatable bonds is 4. The second-order valence-corrected chi connectivity index (χ2v) is 5.02. The Labute approximate surface area is 133 Å². The van der Waals surface area contributed by atoms with E-state index < -0.39 is 0 Å². The molecule has 3 aromatic rings. The van der Waals surface area contributed by atoms with Gasteiger partial charge in [0, 0.05) is 37.3 Å². The van der Waals surface area contributed by atoms with Crippen molar-refractivity contribution in [2.45, 2.75) is 6.92 Å². The molecule has 116 valence electrons. The largest absolute Gasteiger partial charge is 0.321 e. The lowest BCUT2D eigenvalue weighted by Gasteiger charge is -2.06. The van der Waals surface area contributed by atoms with Crippen molar-refractivity contribution < 1.29 is 4.79 Å². The van der Waals surface area contributed by atoms with E-state index in [0.29, 0.717) is 5.69 Å². The van der Waals surface area contributed by atoms with Crippen molar-refractivity contribution in [2.75, 3.05) is 5.32 Å². The van der Waals surface area contributed by atoms with Gasteiger partial charge in [-0.05, 0) is 25.1 Å². The van der Waals surface area contributed by atoms with Crippen LogP contribution in [0.1, 0.15) is 11.4 Å². The molecule has 0 spiro atoms. The Hall–Kier alpha value is -3.22. The molecular formula is C16H16N6O. The van der Waals surface area contributed by atoms with Crippen molar-refractivity contribution >= 4 is 17.7 Å². The Balaban J connectivity index is 1.65. The van der Waals surface area contributed by atoms with Crippen molar-refractivity contribution in [2.24, 2.45) is 7.05 Å². The number of hydrogen-bond donors (Lipinski definition) is 1. The molecule has 3 rings (SSSR count). The van der Waals surface area contributed by atoms with Gasteiger partial charge in [-0.1, -0.05) is 0 Å². The predicted molar refractivity (Wildman–Crippen MR) is 87.0 cm³/mol. The smallest absolute Gasteiger partial charge is 0.248 e. The highest BCUT2D eigenvalue weighted by Crippen LogP contribution is 2.11. The molecule has 0 fully saturated rings. The van der Waals surface area contributed by atoms with E-state index in [-0.39, 0.29) is 5.91 Å². The van der Waals surface area contributed by atoms with Gasteiger partial charge in [-0.15, -0.1) is 0 Å². The second-order valence-electron chi connectivity index (χ2n) is 5.02. The third-order valence-corrected chi connectivity index (χ3v) is 3.24. The van der Waals surface area contributed by atoms with Crippen LogP contribution in [0.3, 0.4) is 0 Å². The molecule has 0 atom stereocenters. The van der Waals surface area contributed by atoms with Crippen LogP contribution >= 0.6 is 0 Å². The zero-order chi connectivity index (χ0) is 16.2. The molecular weight excluding hydrogens is 292 g/mol. The molecule has 0 bridgehead atoms. The first kappa shape index (κ1) is 14.7. The number of nitrogens with zero attached hydrogens (tertiary/aromatic N) is 5. The number of amides is 1. The summed E-state index contributed by atoms with van der Waals surface area (Å²) < 4.78 is 3.55. The topological polar surface area (TPSA) is 77.6 Å². The predicted octanol–water partition coefficient (Wildman–Crippen LogP) is 1.96. The number of anilines is 1. The minimum absolute atomic E-state index is 0.220. The average Bonchev–Trinajstić information content (AvgIpc) is 3.14. The van der Waals surface area contributed by atoms with Crippen molar-refractivity contribution in [1.29, 1.82) is 0 Å². The lowest BCUT2D eigenvalue weighted by atomic mass is 10.3. The molecule has 0 saturated carbocycles. The molecule has 3 aromatic heterocycles. The van der Waals surface area contributed by atoms with Crippen LogP contribution < -0.4 is 5.32 Å². The molecule has 0 radical (unpaired) electrons. The van der Waals surface area contributed by atoms with Crippen LogP contribution in [0.5, 0.6) is 0 Å². The van der Waals surface area contributed by atoms with E-state index in [9.17, 15) is 4.79 Å². The standard InChI is InChI=1S/C16H16N6O/c1-12-17-7-8-22(12)15-5-4-14(10-18-15)20-16(23)6-3-13-9-19-21(2)11-13/h3-11H,1-2H3,(H,20,23)/b6-3-. The van der Waals surface area contributed by atoms with Crippen LogP contribution in [0.4, 0.5) is 5.69 Å². The third kappa shape index (κ3) is 3.52. The highest BCUT2D eigenvalue weighted by molar-refractivity contribution is 6.01. The number of aryl methyl sites for hydroxylation is 2. The summed E-state index contributed by atoms with van der Waals surface area (Å²) in [6, 6.07) is 3.63. The molecule has 0 aliphatic rings. The zero-order valence-electron chi connectivity index (χ0n) is 12.8. The van der Waals surface area contributed by atoms with E-state index >= 15 is 0 Å². The van der Waals surface area contributed by atoms with Gasteiger partial charge in [0.15, 0.2) is 0 Å². The molecule has 0 aliphatic carbocycles. The monoisotopic (exact) mass is 308 g/mol. The zero-order valence-corrected chi connectivity index (χ0v) is 12.8. The van der Waals surface area contributed by atoms with Crippen molar-refractivity contribution in [3.8, 4) is 5.82 Å². The van der Waals surface area contributed by atoms with E-state index in [0.717, 1.165) is 17.2 Å². The quantitative estimate of drug-likeness (QED) is 0.747. The second kappa shape index (κ2) is 6.27. The lowest BCUT2D eigenvalue weighted by Crippen LogP contribution is -2.08. The summed E-state index contributed by atoms with van der Waals surface area (Å²) in [6.07, 6.45) is 11.9. The van der Waals surface area contributed by atoms with Crippen molar-refractivity contribution in [1.82, 2.24) is 24.3 Å². The summed E-state index contributed by atoms with van der Waals surface area (Å²) in [5.74, 6) is 1.39. The fourth-order valence-corrected chi connectivity index (χ4v) is 2.10. The average molecular weight is 308 g/mol. The first-order chi connectivity index (χ1) is 11.1. The minimum Gasteiger partial charge on any atom is -0.321 e. The molecule has 1 amide bonds. The van der Waals surface area contributed by atoms with Crippen LogP contribution in [0.2, 0.25) is 0 Å². The first-order valence-electron chi connectivity index (χ1n) is 7.06.